The van der Waals surface area contributed by atoms with Crippen molar-refractivity contribution in [3.05, 3.63) is 0 Å². The third kappa shape index (κ3) is 3.16. The SMILES string of the molecule is OC1CCC(NCC2(O)CCCC2)CC1. The van der Waals surface area contributed by atoms with E-state index in [1.54, 1.807) is 0 Å². The van der Waals surface area contributed by atoms with Gasteiger partial charge < -0.3 is 15.5 Å². The largest absolute Gasteiger partial charge is 0.393 e. The van der Waals surface area contributed by atoms with E-state index in [-0.39, 0.29) is 6.10 Å². The molecule has 0 aromatic heterocycles. The number of rotatable bonds is 3. The summed E-state index contributed by atoms with van der Waals surface area (Å²) in [6, 6.07) is 0.512. The van der Waals surface area contributed by atoms with Crippen LogP contribution in [0.5, 0.6) is 0 Å². The molecule has 2 aliphatic rings. The third-order valence-corrected chi connectivity index (χ3v) is 3.95. The molecule has 0 unspecified atom stereocenters. The molecule has 0 radical (unpaired) electrons. The zero-order valence-electron chi connectivity index (χ0n) is 9.41. The third-order valence-electron chi connectivity index (χ3n) is 3.95. The lowest BCUT2D eigenvalue weighted by molar-refractivity contribution is 0.0400. The van der Waals surface area contributed by atoms with Gasteiger partial charge in [-0.1, -0.05) is 12.8 Å². The predicted molar refractivity (Wildman–Crippen MR) is 59.7 cm³/mol. The van der Waals surface area contributed by atoms with Crippen molar-refractivity contribution < 1.29 is 10.2 Å². The van der Waals surface area contributed by atoms with E-state index in [9.17, 15) is 10.2 Å². The molecule has 0 heterocycles. The first-order chi connectivity index (χ1) is 7.18. The van der Waals surface area contributed by atoms with Crippen molar-refractivity contribution in [1.29, 1.82) is 0 Å². The van der Waals surface area contributed by atoms with Crippen molar-refractivity contribution in [2.45, 2.75) is 69.1 Å². The van der Waals surface area contributed by atoms with Crippen LogP contribution in [0.15, 0.2) is 0 Å². The minimum absolute atomic E-state index is 0.0855. The summed E-state index contributed by atoms with van der Waals surface area (Å²) in [5.74, 6) is 0. The van der Waals surface area contributed by atoms with Gasteiger partial charge in [0.05, 0.1) is 11.7 Å². The summed E-state index contributed by atoms with van der Waals surface area (Å²) in [6.07, 6.45) is 8.09. The lowest BCUT2D eigenvalue weighted by Crippen LogP contribution is -2.44. The lowest BCUT2D eigenvalue weighted by atomic mass is 9.92. The quantitative estimate of drug-likeness (QED) is 0.660. The summed E-state index contributed by atoms with van der Waals surface area (Å²) in [7, 11) is 0. The Balaban J connectivity index is 1.69. The molecule has 3 nitrogen and oxygen atoms in total. The summed E-state index contributed by atoms with van der Waals surface area (Å²) >= 11 is 0. The van der Waals surface area contributed by atoms with Gasteiger partial charge in [-0.05, 0) is 38.5 Å². The molecule has 0 atom stereocenters. The topological polar surface area (TPSA) is 52.5 Å². The second-order valence-corrected chi connectivity index (χ2v) is 5.32. The summed E-state index contributed by atoms with van der Waals surface area (Å²) in [5.41, 5.74) is -0.434. The molecular weight excluding hydrogens is 190 g/mol. The molecule has 88 valence electrons. The van der Waals surface area contributed by atoms with Gasteiger partial charge in [-0.15, -0.1) is 0 Å². The normalized spacial score (nSPS) is 35.6. The van der Waals surface area contributed by atoms with Gasteiger partial charge in [0.15, 0.2) is 0 Å². The molecule has 3 heteroatoms. The molecule has 0 bridgehead atoms. The molecule has 3 N–H and O–H groups in total. The number of hydrogen-bond donors (Lipinski definition) is 3. The minimum atomic E-state index is -0.434. The predicted octanol–water partition coefficient (Wildman–Crippen LogP) is 1.18. The molecule has 15 heavy (non-hydrogen) atoms. The van der Waals surface area contributed by atoms with Crippen molar-refractivity contribution >= 4 is 0 Å². The Kier molecular flexibility index (Phi) is 3.65. The van der Waals surface area contributed by atoms with Crippen LogP contribution >= 0.6 is 0 Å². The van der Waals surface area contributed by atoms with Crippen LogP contribution < -0.4 is 5.32 Å². The molecule has 0 aliphatic heterocycles. The van der Waals surface area contributed by atoms with E-state index in [0.29, 0.717) is 6.04 Å². The van der Waals surface area contributed by atoms with Crippen LogP contribution in [0.2, 0.25) is 0 Å². The fourth-order valence-corrected chi connectivity index (χ4v) is 2.82. The van der Waals surface area contributed by atoms with Crippen LogP contribution in [-0.2, 0) is 0 Å². The Bertz CT molecular complexity index is 194. The first kappa shape index (κ1) is 11.4. The Hall–Kier alpha value is -0.120. The number of aliphatic hydroxyl groups is 2. The Morgan fingerprint density at radius 2 is 1.67 bits per heavy atom. The summed E-state index contributed by atoms with van der Waals surface area (Å²) in [6.45, 7) is 0.744. The first-order valence-corrected chi connectivity index (χ1v) is 6.32. The van der Waals surface area contributed by atoms with Crippen molar-refractivity contribution in [3.8, 4) is 0 Å². The van der Waals surface area contributed by atoms with Crippen LogP contribution in [0, 0.1) is 0 Å². The van der Waals surface area contributed by atoms with Crippen molar-refractivity contribution in [1.82, 2.24) is 5.32 Å². The fourth-order valence-electron chi connectivity index (χ4n) is 2.82. The molecule has 2 fully saturated rings. The number of aliphatic hydroxyl groups excluding tert-OH is 1. The maximum Gasteiger partial charge on any atom is 0.0771 e. The molecular formula is C12H23NO2. The zero-order valence-corrected chi connectivity index (χ0v) is 9.41. The Morgan fingerprint density at radius 3 is 2.27 bits per heavy atom. The number of nitrogens with one attached hydrogen (secondary N) is 1. The highest BCUT2D eigenvalue weighted by atomic mass is 16.3. The molecule has 0 aromatic rings. The van der Waals surface area contributed by atoms with Crippen molar-refractivity contribution in [3.63, 3.8) is 0 Å². The summed E-state index contributed by atoms with van der Waals surface area (Å²) in [5, 5.41) is 23.0. The van der Waals surface area contributed by atoms with E-state index < -0.39 is 5.60 Å². The molecule has 0 spiro atoms. The van der Waals surface area contributed by atoms with Gasteiger partial charge in [0, 0.05) is 12.6 Å². The first-order valence-electron chi connectivity index (χ1n) is 6.32. The number of hydrogen-bond acceptors (Lipinski definition) is 3. The van der Waals surface area contributed by atoms with E-state index in [1.807, 2.05) is 0 Å². The van der Waals surface area contributed by atoms with Gasteiger partial charge >= 0.3 is 0 Å². The van der Waals surface area contributed by atoms with E-state index >= 15 is 0 Å². The van der Waals surface area contributed by atoms with E-state index in [2.05, 4.69) is 5.32 Å². The molecule has 2 rings (SSSR count). The average molecular weight is 213 g/mol. The minimum Gasteiger partial charge on any atom is -0.393 e. The van der Waals surface area contributed by atoms with Gasteiger partial charge in [0.2, 0.25) is 0 Å². The highest BCUT2D eigenvalue weighted by Gasteiger charge is 2.31. The van der Waals surface area contributed by atoms with Gasteiger partial charge in [-0.3, -0.25) is 0 Å². The van der Waals surface area contributed by atoms with Crippen LogP contribution in [0.4, 0.5) is 0 Å². The monoisotopic (exact) mass is 213 g/mol. The Morgan fingerprint density at radius 1 is 1.07 bits per heavy atom. The maximum atomic E-state index is 10.2. The fraction of sp³-hybridized carbons (Fsp3) is 1.00. The Labute approximate surface area is 91.9 Å². The molecule has 2 saturated carbocycles. The van der Waals surface area contributed by atoms with Crippen LogP contribution in [-0.4, -0.2) is 34.5 Å². The van der Waals surface area contributed by atoms with Crippen molar-refractivity contribution in [2.75, 3.05) is 6.54 Å². The van der Waals surface area contributed by atoms with Gasteiger partial charge in [-0.25, -0.2) is 0 Å². The maximum absolute atomic E-state index is 10.2. The van der Waals surface area contributed by atoms with E-state index in [4.69, 9.17) is 0 Å². The van der Waals surface area contributed by atoms with Gasteiger partial charge in [0.1, 0.15) is 0 Å². The van der Waals surface area contributed by atoms with Gasteiger partial charge in [-0.2, -0.15) is 0 Å². The summed E-state index contributed by atoms with van der Waals surface area (Å²) < 4.78 is 0. The van der Waals surface area contributed by atoms with Crippen LogP contribution in [0.3, 0.4) is 0 Å². The smallest absolute Gasteiger partial charge is 0.0771 e. The molecule has 0 saturated heterocycles. The van der Waals surface area contributed by atoms with Crippen LogP contribution in [0.25, 0.3) is 0 Å². The van der Waals surface area contributed by atoms with E-state index in [1.165, 1.54) is 12.8 Å². The summed E-state index contributed by atoms with van der Waals surface area (Å²) in [4.78, 5) is 0. The lowest BCUT2D eigenvalue weighted by Gasteiger charge is -2.30. The second kappa shape index (κ2) is 4.81. The standard InChI is InChI=1S/C12H23NO2/c14-11-5-3-10(4-6-11)13-9-12(15)7-1-2-8-12/h10-11,13-15H,1-9H2. The molecule has 0 aromatic carbocycles. The van der Waals surface area contributed by atoms with Crippen molar-refractivity contribution in [2.24, 2.45) is 0 Å². The van der Waals surface area contributed by atoms with Crippen LogP contribution in [0.1, 0.15) is 51.4 Å². The molecule has 2 aliphatic carbocycles. The second-order valence-electron chi connectivity index (χ2n) is 5.32. The average Bonchev–Trinajstić information content (AvgIpc) is 2.65. The highest BCUT2D eigenvalue weighted by Crippen LogP contribution is 2.29. The molecule has 0 amide bonds. The zero-order chi connectivity index (χ0) is 10.7. The highest BCUT2D eigenvalue weighted by molar-refractivity contribution is 4.88. The van der Waals surface area contributed by atoms with E-state index in [0.717, 1.165) is 45.1 Å². The van der Waals surface area contributed by atoms with Gasteiger partial charge in [0.25, 0.3) is 0 Å².